The van der Waals surface area contributed by atoms with Crippen molar-refractivity contribution in [3.63, 3.8) is 0 Å². The zero-order valence-electron chi connectivity index (χ0n) is 17.6. The number of rotatable bonds is 4. The second-order valence-electron chi connectivity index (χ2n) is 8.16. The highest BCUT2D eigenvalue weighted by Crippen LogP contribution is 2.37. The number of fused-ring (bicyclic) bond motifs is 1. The summed E-state index contributed by atoms with van der Waals surface area (Å²) >= 11 is 0. The summed E-state index contributed by atoms with van der Waals surface area (Å²) in [4.78, 5) is 15.4. The van der Waals surface area contributed by atoms with Gasteiger partial charge in [0.2, 0.25) is 0 Å². The lowest BCUT2D eigenvalue weighted by atomic mass is 10.0. The molecule has 1 amide bonds. The monoisotopic (exact) mass is 420 g/mol. The van der Waals surface area contributed by atoms with Crippen LogP contribution in [-0.2, 0) is 4.74 Å². The first kappa shape index (κ1) is 19.8. The lowest BCUT2D eigenvalue weighted by molar-refractivity contribution is 0.0426. The molecule has 0 saturated carbocycles. The summed E-state index contributed by atoms with van der Waals surface area (Å²) in [6.45, 7) is 5.18. The van der Waals surface area contributed by atoms with Crippen LogP contribution < -0.4 is 5.32 Å². The van der Waals surface area contributed by atoms with Crippen LogP contribution in [0.3, 0.4) is 0 Å². The zero-order valence-corrected chi connectivity index (χ0v) is 17.6. The van der Waals surface area contributed by atoms with Crippen molar-refractivity contribution in [1.29, 1.82) is 0 Å². The number of ether oxygens (including phenoxy) is 1. The summed E-state index contributed by atoms with van der Waals surface area (Å²) in [6.07, 6.45) is 1.64. The number of halogens is 1. The number of amides is 1. The fourth-order valence-corrected chi connectivity index (χ4v) is 4.60. The Balaban J connectivity index is 1.58. The molecule has 31 heavy (non-hydrogen) atoms. The molecule has 6 nitrogen and oxygen atoms in total. The Bertz CT molecular complexity index is 1120. The van der Waals surface area contributed by atoms with E-state index < -0.39 is 0 Å². The van der Waals surface area contributed by atoms with Gasteiger partial charge in [-0.2, -0.15) is 5.10 Å². The quantitative estimate of drug-likeness (QED) is 0.681. The van der Waals surface area contributed by atoms with Crippen molar-refractivity contribution >= 4 is 11.6 Å². The number of benzene rings is 2. The number of nitrogens with zero attached hydrogens (tertiary/aromatic N) is 3. The standard InChI is InChI=1S/C24H25FN4O2/c1-15-22(16(2)29(27-15)18-11-9-17(25)10-12-18)23-26-21-8-4-3-7-20(21)24(30)28(23)14-19-6-5-13-31-19/h3-4,7-12,19,23,26H,5-6,13-14H2,1-2H3/t19-,23-/m1/s1. The van der Waals surface area contributed by atoms with Crippen LogP contribution in [-0.4, -0.2) is 39.8 Å². The SMILES string of the molecule is Cc1nn(-c2ccc(F)cc2)c(C)c1[C@@H]1Nc2ccccc2C(=O)N1C[C@H]1CCCO1. The number of para-hydroxylation sites is 1. The van der Waals surface area contributed by atoms with Gasteiger partial charge in [0, 0.05) is 30.1 Å². The van der Waals surface area contributed by atoms with Crippen molar-refractivity contribution in [3.05, 3.63) is 76.9 Å². The van der Waals surface area contributed by atoms with Crippen LogP contribution in [0.15, 0.2) is 48.5 Å². The molecule has 2 aromatic carbocycles. The second-order valence-corrected chi connectivity index (χ2v) is 8.16. The topological polar surface area (TPSA) is 59.4 Å². The zero-order chi connectivity index (χ0) is 21.5. The molecular weight excluding hydrogens is 395 g/mol. The average Bonchev–Trinajstić information content (AvgIpc) is 3.38. The highest BCUT2D eigenvalue weighted by atomic mass is 19.1. The fraction of sp³-hybridized carbons (Fsp3) is 0.333. The molecule has 0 aliphatic carbocycles. The largest absolute Gasteiger partial charge is 0.376 e. The number of nitrogens with one attached hydrogen (secondary N) is 1. The minimum absolute atomic E-state index is 0.0109. The summed E-state index contributed by atoms with van der Waals surface area (Å²) in [5, 5.41) is 8.28. The van der Waals surface area contributed by atoms with Crippen LogP contribution in [0.25, 0.3) is 5.69 Å². The minimum Gasteiger partial charge on any atom is -0.376 e. The van der Waals surface area contributed by atoms with Gasteiger partial charge in [0.25, 0.3) is 5.91 Å². The van der Waals surface area contributed by atoms with Gasteiger partial charge in [0.05, 0.1) is 23.0 Å². The van der Waals surface area contributed by atoms with Crippen LogP contribution in [0.4, 0.5) is 10.1 Å². The smallest absolute Gasteiger partial charge is 0.257 e. The summed E-state index contributed by atoms with van der Waals surface area (Å²) in [7, 11) is 0. The van der Waals surface area contributed by atoms with Crippen LogP contribution >= 0.6 is 0 Å². The molecule has 0 spiro atoms. The predicted molar refractivity (Wildman–Crippen MR) is 116 cm³/mol. The first-order valence-corrected chi connectivity index (χ1v) is 10.6. The van der Waals surface area contributed by atoms with Crippen molar-refractivity contribution in [3.8, 4) is 5.69 Å². The van der Waals surface area contributed by atoms with Gasteiger partial charge in [-0.1, -0.05) is 12.1 Å². The fourth-order valence-electron chi connectivity index (χ4n) is 4.60. The average molecular weight is 420 g/mol. The van der Waals surface area contributed by atoms with Gasteiger partial charge in [-0.3, -0.25) is 4.79 Å². The van der Waals surface area contributed by atoms with Crippen molar-refractivity contribution in [1.82, 2.24) is 14.7 Å². The molecule has 2 aliphatic heterocycles. The Morgan fingerprint density at radius 1 is 1.16 bits per heavy atom. The number of carbonyl (C=O) groups excluding carboxylic acids is 1. The summed E-state index contributed by atoms with van der Waals surface area (Å²) in [5.74, 6) is -0.299. The number of aryl methyl sites for hydroxylation is 1. The van der Waals surface area contributed by atoms with Gasteiger partial charge in [-0.05, 0) is 63.1 Å². The third-order valence-electron chi connectivity index (χ3n) is 6.14. The molecule has 3 aromatic rings. The number of carbonyl (C=O) groups is 1. The highest BCUT2D eigenvalue weighted by molar-refractivity contribution is 6.01. The van der Waals surface area contributed by atoms with Gasteiger partial charge in [0.15, 0.2) is 0 Å². The van der Waals surface area contributed by atoms with Crippen LogP contribution in [0.1, 0.15) is 46.3 Å². The lowest BCUT2D eigenvalue weighted by Crippen LogP contribution is -2.46. The normalized spacial score (nSPS) is 20.6. The molecule has 0 radical (unpaired) electrons. The van der Waals surface area contributed by atoms with Gasteiger partial charge in [-0.15, -0.1) is 0 Å². The lowest BCUT2D eigenvalue weighted by Gasteiger charge is -2.39. The first-order chi connectivity index (χ1) is 15.0. The molecule has 7 heteroatoms. The van der Waals surface area contributed by atoms with Crippen LogP contribution in [0.2, 0.25) is 0 Å². The van der Waals surface area contributed by atoms with Gasteiger partial charge in [0.1, 0.15) is 12.0 Å². The molecule has 2 atom stereocenters. The Labute approximate surface area is 180 Å². The molecule has 0 bridgehead atoms. The van der Waals surface area contributed by atoms with E-state index in [4.69, 9.17) is 9.84 Å². The first-order valence-electron chi connectivity index (χ1n) is 10.6. The van der Waals surface area contributed by atoms with E-state index in [1.54, 1.807) is 16.8 Å². The molecule has 2 aliphatic rings. The molecule has 1 aromatic heterocycles. The number of anilines is 1. The Kier molecular flexibility index (Phi) is 4.98. The van der Waals surface area contributed by atoms with Gasteiger partial charge >= 0.3 is 0 Å². The van der Waals surface area contributed by atoms with Crippen molar-refractivity contribution in [2.75, 3.05) is 18.5 Å². The van der Waals surface area contributed by atoms with Gasteiger partial charge in [-0.25, -0.2) is 9.07 Å². The summed E-state index contributed by atoms with van der Waals surface area (Å²) in [6, 6.07) is 13.8. The predicted octanol–water partition coefficient (Wildman–Crippen LogP) is 4.37. The second kappa shape index (κ2) is 7.81. The molecule has 5 rings (SSSR count). The molecule has 160 valence electrons. The summed E-state index contributed by atoms with van der Waals surface area (Å²) < 4.78 is 21.1. The van der Waals surface area contributed by atoms with Crippen LogP contribution in [0.5, 0.6) is 0 Å². The van der Waals surface area contributed by atoms with E-state index in [0.29, 0.717) is 12.1 Å². The number of aromatic nitrogens is 2. The van der Waals surface area contributed by atoms with Crippen molar-refractivity contribution in [2.45, 2.75) is 39.0 Å². The number of hydrogen-bond donors (Lipinski definition) is 1. The van der Waals surface area contributed by atoms with E-state index in [0.717, 1.165) is 47.8 Å². The summed E-state index contributed by atoms with van der Waals surface area (Å²) in [5.41, 5.74) is 4.94. The van der Waals surface area contributed by atoms with Crippen LogP contribution in [0, 0.1) is 19.7 Å². The maximum Gasteiger partial charge on any atom is 0.257 e. The third kappa shape index (κ3) is 3.49. The van der Waals surface area contributed by atoms with Crippen molar-refractivity contribution < 1.29 is 13.9 Å². The van der Waals surface area contributed by atoms with E-state index in [-0.39, 0.29) is 24.0 Å². The third-order valence-corrected chi connectivity index (χ3v) is 6.14. The number of hydrogen-bond acceptors (Lipinski definition) is 4. The Morgan fingerprint density at radius 3 is 2.68 bits per heavy atom. The maximum atomic E-state index is 13.5. The molecule has 1 N–H and O–H groups in total. The molecule has 0 unspecified atom stereocenters. The van der Waals surface area contributed by atoms with Crippen molar-refractivity contribution in [2.24, 2.45) is 0 Å². The molecule has 1 fully saturated rings. The molecule has 3 heterocycles. The Morgan fingerprint density at radius 2 is 1.94 bits per heavy atom. The molecule has 1 saturated heterocycles. The maximum absolute atomic E-state index is 13.5. The van der Waals surface area contributed by atoms with E-state index in [9.17, 15) is 9.18 Å². The van der Waals surface area contributed by atoms with Gasteiger partial charge < -0.3 is 15.0 Å². The highest BCUT2D eigenvalue weighted by Gasteiger charge is 2.37. The van der Waals surface area contributed by atoms with E-state index in [2.05, 4.69) is 5.32 Å². The minimum atomic E-state index is -0.360. The van der Waals surface area contributed by atoms with E-state index in [1.807, 2.05) is 43.0 Å². The van der Waals surface area contributed by atoms with E-state index in [1.165, 1.54) is 12.1 Å². The Hall–Kier alpha value is -3.19. The van der Waals surface area contributed by atoms with E-state index >= 15 is 0 Å². The molecular formula is C24H25FN4O2.